The maximum absolute atomic E-state index is 10.9. The molecule has 0 rings (SSSR count). The predicted octanol–water partition coefficient (Wildman–Crippen LogP) is 0.661. The zero-order valence-corrected chi connectivity index (χ0v) is 9.21. The van der Waals surface area contributed by atoms with Crippen molar-refractivity contribution in [3.8, 4) is 0 Å². The summed E-state index contributed by atoms with van der Waals surface area (Å²) < 4.78 is 51.6. The van der Waals surface area contributed by atoms with Gasteiger partial charge in [0.15, 0.2) is 0 Å². The fourth-order valence-electron chi connectivity index (χ4n) is 0.343. The molecule has 0 atom stereocenters. The van der Waals surface area contributed by atoms with Crippen molar-refractivity contribution in [3.05, 3.63) is 24.7 Å². The van der Waals surface area contributed by atoms with Gasteiger partial charge in [0.1, 0.15) is 12.5 Å². The van der Waals surface area contributed by atoms with E-state index in [4.69, 9.17) is 0 Å². The first kappa shape index (κ1) is 13.0. The van der Waals surface area contributed by atoms with Crippen LogP contribution < -0.4 is 0 Å². The van der Waals surface area contributed by atoms with Crippen molar-refractivity contribution in [1.82, 2.24) is 0 Å². The highest BCUT2D eigenvalue weighted by Gasteiger charge is 2.32. The van der Waals surface area contributed by atoms with Gasteiger partial charge in [0.05, 0.1) is 0 Å². The van der Waals surface area contributed by atoms with E-state index in [0.717, 1.165) is 12.5 Å². The molecule has 0 aromatic rings. The Morgan fingerprint density at radius 2 is 1.07 bits per heavy atom. The van der Waals surface area contributed by atoms with Gasteiger partial charge in [0.25, 0.3) is 0 Å². The molecule has 0 N–H and O–H groups in total. The van der Waals surface area contributed by atoms with E-state index in [1.807, 2.05) is 0 Å². The average molecular weight is 242 g/mol. The third-order valence-electron chi connectivity index (χ3n) is 0.869. The second-order valence-electron chi connectivity index (χ2n) is 1.95. The number of hydrogen-bond donors (Lipinski definition) is 0. The van der Waals surface area contributed by atoms with E-state index < -0.39 is 18.3 Å². The molecule has 6 nitrogen and oxygen atoms in total. The van der Waals surface area contributed by atoms with Crippen LogP contribution in [-0.2, 0) is 26.7 Å². The Hall–Kier alpha value is -1.02. The van der Waals surface area contributed by atoms with Crippen LogP contribution >= 0.6 is 0 Å². The summed E-state index contributed by atoms with van der Waals surface area (Å²) >= 11 is 0. The van der Waals surface area contributed by atoms with Gasteiger partial charge < -0.3 is 8.37 Å². The van der Waals surface area contributed by atoms with Gasteiger partial charge in [-0.3, -0.25) is 0 Å². The van der Waals surface area contributed by atoms with E-state index in [0.29, 0.717) is 0 Å². The maximum Gasteiger partial charge on any atom is 0.454 e. The van der Waals surface area contributed by atoms with Gasteiger partial charge in [-0.05, 0) is 13.8 Å². The second kappa shape index (κ2) is 5.01. The normalized spacial score (nSPS) is 13.6. The molecule has 0 aromatic carbocycles. The first-order valence-corrected chi connectivity index (χ1v) is 6.79. The third-order valence-corrected chi connectivity index (χ3v) is 4.03. The molecule has 0 saturated carbocycles. The molecule has 0 saturated heterocycles. The average Bonchev–Trinajstić information content (AvgIpc) is 2.11. The Morgan fingerprint density at radius 3 is 1.29 bits per heavy atom. The molecule has 0 aliphatic rings. The molecule has 0 unspecified atom stereocenters. The maximum atomic E-state index is 10.9. The molecule has 82 valence electrons. The fourth-order valence-corrected chi connectivity index (χ4v) is 1.88. The largest absolute Gasteiger partial charge is 0.454 e. The Labute approximate surface area is 82.5 Å². The van der Waals surface area contributed by atoms with Crippen molar-refractivity contribution < 1.29 is 25.2 Å². The van der Waals surface area contributed by atoms with Gasteiger partial charge in [-0.25, -0.2) is 0 Å². The SMILES string of the molecule is CC=COS(=O)(=O)S(=O)(=O)OC=CC. The predicted molar refractivity (Wildman–Crippen MR) is 49.6 cm³/mol. The van der Waals surface area contributed by atoms with E-state index in [1.54, 1.807) is 0 Å². The van der Waals surface area contributed by atoms with Crippen molar-refractivity contribution >= 4 is 18.3 Å². The first-order chi connectivity index (χ1) is 6.37. The highest BCUT2D eigenvalue weighted by Crippen LogP contribution is 2.08. The molecule has 0 spiro atoms. The number of rotatable bonds is 5. The lowest BCUT2D eigenvalue weighted by Crippen LogP contribution is -2.17. The summed E-state index contributed by atoms with van der Waals surface area (Å²) in [6.45, 7) is 2.93. The highest BCUT2D eigenvalue weighted by atomic mass is 33.2. The van der Waals surface area contributed by atoms with Gasteiger partial charge in [0, 0.05) is 0 Å². The monoisotopic (exact) mass is 242 g/mol. The molecule has 0 fully saturated rings. The van der Waals surface area contributed by atoms with Crippen LogP contribution in [0.4, 0.5) is 0 Å². The van der Waals surface area contributed by atoms with Gasteiger partial charge in [0.2, 0.25) is 0 Å². The summed E-state index contributed by atoms with van der Waals surface area (Å²) in [4.78, 5) is 0. The standard InChI is InChI=1S/C6H10O6S2/c1-3-5-11-13(7,8)14(9,10)12-6-4-2/h3-6H,1-2H3. The number of allylic oxidation sites excluding steroid dienone is 2. The van der Waals surface area contributed by atoms with Gasteiger partial charge >= 0.3 is 18.3 Å². The molecule has 8 heteroatoms. The summed E-state index contributed by atoms with van der Waals surface area (Å²) in [5.41, 5.74) is 0. The van der Waals surface area contributed by atoms with Crippen molar-refractivity contribution in [2.45, 2.75) is 13.8 Å². The Kier molecular flexibility index (Phi) is 4.64. The molecular weight excluding hydrogens is 232 g/mol. The molecule has 0 amide bonds. The van der Waals surface area contributed by atoms with Crippen molar-refractivity contribution in [3.63, 3.8) is 0 Å². The van der Waals surface area contributed by atoms with Crippen LogP contribution in [0.1, 0.15) is 13.8 Å². The molecule has 0 aliphatic carbocycles. The minimum atomic E-state index is -4.78. The summed E-state index contributed by atoms with van der Waals surface area (Å²) in [5, 5.41) is 0. The fraction of sp³-hybridized carbons (Fsp3) is 0.333. The van der Waals surface area contributed by atoms with Crippen LogP contribution in [0.2, 0.25) is 0 Å². The molecule has 0 bridgehead atoms. The van der Waals surface area contributed by atoms with E-state index in [2.05, 4.69) is 8.37 Å². The van der Waals surface area contributed by atoms with Gasteiger partial charge in [-0.15, -0.1) is 0 Å². The third kappa shape index (κ3) is 3.38. The van der Waals surface area contributed by atoms with Crippen LogP contribution in [0.25, 0.3) is 0 Å². The molecule has 0 aromatic heterocycles. The van der Waals surface area contributed by atoms with Crippen LogP contribution in [-0.4, -0.2) is 16.8 Å². The molecule has 0 heterocycles. The van der Waals surface area contributed by atoms with E-state index >= 15 is 0 Å². The summed E-state index contributed by atoms with van der Waals surface area (Å²) in [5.74, 6) is 0. The quantitative estimate of drug-likeness (QED) is 0.520. The zero-order valence-electron chi connectivity index (χ0n) is 7.58. The molecule has 0 aliphatic heterocycles. The van der Waals surface area contributed by atoms with Gasteiger partial charge in [-0.1, -0.05) is 12.2 Å². The molecular formula is C6H10O6S2. The minimum Gasteiger partial charge on any atom is -0.377 e. The first-order valence-electron chi connectivity index (χ1n) is 3.46. The summed E-state index contributed by atoms with van der Waals surface area (Å²) in [6, 6.07) is 0. The number of hydrogen-bond acceptors (Lipinski definition) is 6. The zero-order chi connectivity index (χ0) is 11.2. The second-order valence-corrected chi connectivity index (χ2v) is 6.42. The smallest absolute Gasteiger partial charge is 0.377 e. The van der Waals surface area contributed by atoms with Crippen molar-refractivity contribution in [1.29, 1.82) is 0 Å². The van der Waals surface area contributed by atoms with Gasteiger partial charge in [-0.2, -0.15) is 16.8 Å². The summed E-state index contributed by atoms with van der Waals surface area (Å²) in [6.07, 6.45) is 3.91. The Bertz CT molecular complexity index is 371. The lowest BCUT2D eigenvalue weighted by molar-refractivity contribution is 0.421. The van der Waals surface area contributed by atoms with Crippen molar-refractivity contribution in [2.24, 2.45) is 0 Å². The highest BCUT2D eigenvalue weighted by molar-refractivity contribution is 8.63. The minimum absolute atomic E-state index is 0.728. The van der Waals surface area contributed by atoms with Crippen LogP contribution in [0.5, 0.6) is 0 Å². The van der Waals surface area contributed by atoms with E-state index in [9.17, 15) is 16.8 Å². The van der Waals surface area contributed by atoms with E-state index in [1.165, 1.54) is 26.0 Å². The topological polar surface area (TPSA) is 86.7 Å². The molecule has 0 radical (unpaired) electrons. The summed E-state index contributed by atoms with van der Waals surface area (Å²) in [7, 11) is -9.56. The lowest BCUT2D eigenvalue weighted by atomic mass is 10.8. The Balaban J connectivity index is 4.90. The van der Waals surface area contributed by atoms with Crippen molar-refractivity contribution in [2.75, 3.05) is 0 Å². The van der Waals surface area contributed by atoms with Crippen LogP contribution in [0.3, 0.4) is 0 Å². The van der Waals surface area contributed by atoms with Crippen LogP contribution in [0, 0.1) is 0 Å². The lowest BCUT2D eigenvalue weighted by Gasteiger charge is -2.01. The molecule has 14 heavy (non-hydrogen) atoms. The van der Waals surface area contributed by atoms with E-state index in [-0.39, 0.29) is 0 Å². The van der Waals surface area contributed by atoms with Crippen LogP contribution in [0.15, 0.2) is 24.7 Å². The Morgan fingerprint density at radius 1 is 0.786 bits per heavy atom.